The van der Waals surface area contributed by atoms with Gasteiger partial charge in [-0.2, -0.15) is 9.97 Å². The molecule has 1 aromatic heterocycles. The Morgan fingerprint density at radius 3 is 2.92 bits per heavy atom. The topological polar surface area (TPSA) is 108 Å². The van der Waals surface area contributed by atoms with Crippen LogP contribution < -0.4 is 10.5 Å². The monoisotopic (exact) mass is 168 g/mol. The van der Waals surface area contributed by atoms with Crippen LogP contribution in [0.5, 0.6) is 6.01 Å². The Hall–Kier alpha value is -2.05. The standard InChI is InChI=1S/C5H4N4O3/c6-4(11)12-5-8-2-7-3(1-10)9-5/h1-2H,(H2,6,11). The van der Waals surface area contributed by atoms with E-state index in [4.69, 9.17) is 0 Å². The molecule has 0 aromatic carbocycles. The lowest BCUT2D eigenvalue weighted by molar-refractivity contribution is 0.111. The molecule has 62 valence electrons. The molecule has 0 aliphatic carbocycles. The highest BCUT2D eigenvalue weighted by molar-refractivity contribution is 5.69. The van der Waals surface area contributed by atoms with Crippen molar-refractivity contribution in [2.75, 3.05) is 0 Å². The van der Waals surface area contributed by atoms with Gasteiger partial charge in [0.2, 0.25) is 0 Å². The van der Waals surface area contributed by atoms with Crippen molar-refractivity contribution in [3.05, 3.63) is 12.2 Å². The predicted molar refractivity (Wildman–Crippen MR) is 35.4 cm³/mol. The van der Waals surface area contributed by atoms with Crippen molar-refractivity contribution >= 4 is 12.4 Å². The zero-order valence-corrected chi connectivity index (χ0v) is 5.80. The summed E-state index contributed by atoms with van der Waals surface area (Å²) in [4.78, 5) is 30.6. The van der Waals surface area contributed by atoms with Crippen molar-refractivity contribution < 1.29 is 14.3 Å². The van der Waals surface area contributed by atoms with Gasteiger partial charge in [-0.05, 0) is 0 Å². The van der Waals surface area contributed by atoms with Crippen LogP contribution in [0.15, 0.2) is 6.33 Å². The molecule has 0 spiro atoms. The Kier molecular flexibility index (Phi) is 2.26. The summed E-state index contributed by atoms with van der Waals surface area (Å²) in [5, 5.41) is 0. The number of rotatable bonds is 2. The average Bonchev–Trinajstić information content (AvgIpc) is 2.03. The maximum atomic E-state index is 10.2. The lowest BCUT2D eigenvalue weighted by Crippen LogP contribution is -2.18. The van der Waals surface area contributed by atoms with Crippen LogP contribution in [-0.4, -0.2) is 27.3 Å². The number of amides is 1. The highest BCUT2D eigenvalue weighted by Crippen LogP contribution is 1.97. The average molecular weight is 168 g/mol. The van der Waals surface area contributed by atoms with Crippen molar-refractivity contribution in [3.8, 4) is 6.01 Å². The minimum absolute atomic E-state index is 0.124. The fourth-order valence-corrected chi connectivity index (χ4v) is 0.489. The van der Waals surface area contributed by atoms with Crippen molar-refractivity contribution in [2.45, 2.75) is 0 Å². The van der Waals surface area contributed by atoms with Gasteiger partial charge >= 0.3 is 12.1 Å². The number of ether oxygens (including phenoxy) is 1. The van der Waals surface area contributed by atoms with Crippen LogP contribution in [0.2, 0.25) is 0 Å². The van der Waals surface area contributed by atoms with Crippen LogP contribution in [-0.2, 0) is 0 Å². The smallest absolute Gasteiger partial charge is 0.374 e. The van der Waals surface area contributed by atoms with Gasteiger partial charge in [0.25, 0.3) is 0 Å². The summed E-state index contributed by atoms with van der Waals surface area (Å²) < 4.78 is 4.27. The normalized spacial score (nSPS) is 9.00. The van der Waals surface area contributed by atoms with Gasteiger partial charge in [-0.3, -0.25) is 4.79 Å². The maximum absolute atomic E-state index is 10.2. The number of nitrogens with zero attached hydrogens (tertiary/aromatic N) is 3. The number of hydrogen-bond acceptors (Lipinski definition) is 6. The molecule has 0 saturated heterocycles. The van der Waals surface area contributed by atoms with E-state index in [0.29, 0.717) is 6.29 Å². The van der Waals surface area contributed by atoms with E-state index in [0.717, 1.165) is 6.33 Å². The second-order valence-electron chi connectivity index (χ2n) is 1.67. The van der Waals surface area contributed by atoms with E-state index in [1.165, 1.54) is 0 Å². The summed E-state index contributed by atoms with van der Waals surface area (Å²) in [6.07, 6.45) is 0.392. The fourth-order valence-electron chi connectivity index (χ4n) is 0.489. The Morgan fingerprint density at radius 2 is 2.33 bits per heavy atom. The molecule has 0 atom stereocenters. The summed E-state index contributed by atoms with van der Waals surface area (Å²) in [6.45, 7) is 0. The molecule has 1 aromatic rings. The highest BCUT2D eigenvalue weighted by atomic mass is 16.6. The first-order chi connectivity index (χ1) is 5.72. The van der Waals surface area contributed by atoms with Gasteiger partial charge in [0.05, 0.1) is 0 Å². The molecular weight excluding hydrogens is 164 g/mol. The van der Waals surface area contributed by atoms with Crippen LogP contribution in [0.4, 0.5) is 4.79 Å². The first kappa shape index (κ1) is 8.05. The van der Waals surface area contributed by atoms with Crippen LogP contribution >= 0.6 is 0 Å². The summed E-state index contributed by atoms with van der Waals surface area (Å²) in [5.41, 5.74) is 4.67. The first-order valence-corrected chi connectivity index (χ1v) is 2.84. The third kappa shape index (κ3) is 1.97. The SMILES string of the molecule is NC(=O)Oc1ncnc(C=O)n1. The number of carbonyl (C=O) groups is 2. The van der Waals surface area contributed by atoms with Crippen LogP contribution in [0.3, 0.4) is 0 Å². The van der Waals surface area contributed by atoms with Crippen LogP contribution in [0, 0.1) is 0 Å². The molecule has 0 saturated carbocycles. The lowest BCUT2D eigenvalue weighted by Gasteiger charge is -1.95. The van der Waals surface area contributed by atoms with Crippen molar-refractivity contribution in [1.82, 2.24) is 15.0 Å². The van der Waals surface area contributed by atoms with Gasteiger partial charge in [0, 0.05) is 0 Å². The van der Waals surface area contributed by atoms with Crippen LogP contribution in [0.1, 0.15) is 10.6 Å². The van der Waals surface area contributed by atoms with Crippen molar-refractivity contribution in [2.24, 2.45) is 5.73 Å². The number of primary amides is 1. The molecule has 2 N–H and O–H groups in total. The zero-order valence-electron chi connectivity index (χ0n) is 5.80. The molecular formula is C5H4N4O3. The zero-order chi connectivity index (χ0) is 8.97. The van der Waals surface area contributed by atoms with E-state index < -0.39 is 6.09 Å². The Labute approximate surface area is 66.6 Å². The Morgan fingerprint density at radius 1 is 1.58 bits per heavy atom. The van der Waals surface area contributed by atoms with E-state index in [9.17, 15) is 9.59 Å². The largest absolute Gasteiger partial charge is 0.412 e. The van der Waals surface area contributed by atoms with Crippen molar-refractivity contribution in [1.29, 1.82) is 0 Å². The third-order valence-electron chi connectivity index (χ3n) is 0.866. The predicted octanol–water partition coefficient (Wildman–Crippen LogP) is -0.858. The summed E-state index contributed by atoms with van der Waals surface area (Å²) in [7, 11) is 0. The molecule has 0 bridgehead atoms. The number of nitrogens with two attached hydrogens (primary N) is 1. The second-order valence-corrected chi connectivity index (χ2v) is 1.67. The highest BCUT2D eigenvalue weighted by Gasteiger charge is 2.02. The molecule has 7 heteroatoms. The fraction of sp³-hybridized carbons (Fsp3) is 0. The van der Waals surface area contributed by atoms with Gasteiger partial charge in [-0.15, -0.1) is 0 Å². The molecule has 7 nitrogen and oxygen atoms in total. The van der Waals surface area contributed by atoms with Gasteiger partial charge < -0.3 is 10.5 Å². The van der Waals surface area contributed by atoms with E-state index in [1.54, 1.807) is 0 Å². The van der Waals surface area contributed by atoms with E-state index >= 15 is 0 Å². The molecule has 1 rings (SSSR count). The molecule has 1 amide bonds. The van der Waals surface area contributed by atoms with Crippen molar-refractivity contribution in [3.63, 3.8) is 0 Å². The summed E-state index contributed by atoms with van der Waals surface area (Å²) in [6, 6.07) is -0.292. The van der Waals surface area contributed by atoms with Gasteiger partial charge in [0.15, 0.2) is 12.1 Å². The van der Waals surface area contributed by atoms with Gasteiger partial charge in [0.1, 0.15) is 6.33 Å². The quantitative estimate of drug-likeness (QED) is 0.575. The third-order valence-corrected chi connectivity index (χ3v) is 0.866. The lowest BCUT2D eigenvalue weighted by atomic mass is 10.7. The molecule has 0 aliphatic rings. The summed E-state index contributed by atoms with van der Waals surface area (Å²) in [5.74, 6) is -0.124. The number of aldehydes is 1. The molecule has 0 unspecified atom stereocenters. The van der Waals surface area contributed by atoms with Gasteiger partial charge in [-0.25, -0.2) is 9.78 Å². The first-order valence-electron chi connectivity index (χ1n) is 2.84. The Bertz CT molecular complexity index is 313. The minimum Gasteiger partial charge on any atom is -0.374 e. The van der Waals surface area contributed by atoms with E-state index in [1.807, 2.05) is 0 Å². The summed E-state index contributed by atoms with van der Waals surface area (Å²) >= 11 is 0. The molecule has 0 aliphatic heterocycles. The number of hydrogen-bond donors (Lipinski definition) is 1. The number of aromatic nitrogens is 3. The van der Waals surface area contributed by atoms with Gasteiger partial charge in [-0.1, -0.05) is 0 Å². The minimum atomic E-state index is -1.04. The van der Waals surface area contributed by atoms with E-state index in [-0.39, 0.29) is 11.8 Å². The molecule has 1 heterocycles. The number of carbonyl (C=O) groups excluding carboxylic acids is 2. The van der Waals surface area contributed by atoms with Crippen LogP contribution in [0.25, 0.3) is 0 Å². The second kappa shape index (κ2) is 3.37. The molecule has 0 radical (unpaired) electrons. The van der Waals surface area contributed by atoms with E-state index in [2.05, 4.69) is 25.4 Å². The molecule has 0 fully saturated rings. The molecule has 12 heavy (non-hydrogen) atoms. The Balaban J connectivity index is 2.86. The maximum Gasteiger partial charge on any atom is 0.412 e.